The van der Waals surface area contributed by atoms with Crippen LogP contribution < -0.4 is 5.32 Å². The van der Waals surface area contributed by atoms with E-state index in [-0.39, 0.29) is 10.7 Å². The van der Waals surface area contributed by atoms with Crippen LogP contribution in [0.1, 0.15) is 45.4 Å². The van der Waals surface area contributed by atoms with Crippen molar-refractivity contribution in [3.8, 4) is 0 Å². The normalized spacial score (nSPS) is 37.3. The smallest absolute Gasteiger partial charge is 0.206 e. The number of carbonyl (C=O) groups is 1. The number of nitrogens with one attached hydrogen (secondary N) is 1. The summed E-state index contributed by atoms with van der Waals surface area (Å²) in [6.07, 6.45) is 7.61. The number of hydrogen-bond acceptors (Lipinski definition) is 6. The molecule has 4 saturated carbocycles. The molecule has 4 bridgehead atoms. The minimum Gasteiger partial charge on any atom is -0.363 e. The molecule has 0 unspecified atom stereocenters. The molecule has 1 aromatic heterocycles. The van der Waals surface area contributed by atoms with Crippen LogP contribution in [0, 0.1) is 23.2 Å². The van der Waals surface area contributed by atoms with Crippen LogP contribution in [-0.4, -0.2) is 28.3 Å². The lowest BCUT2D eigenvalue weighted by atomic mass is 9.48. The Hall–Kier alpha value is -0.620. The average Bonchev–Trinajstić information content (AvgIpc) is 2.92. The molecule has 4 nitrogen and oxygen atoms in total. The van der Waals surface area contributed by atoms with Gasteiger partial charge in [-0.25, -0.2) is 0 Å². The van der Waals surface area contributed by atoms with Crippen LogP contribution in [0.2, 0.25) is 0 Å². The number of anilines is 1. The lowest BCUT2D eigenvalue weighted by Gasteiger charge is -2.56. The molecule has 4 fully saturated rings. The Labute approximate surface area is 139 Å². The van der Waals surface area contributed by atoms with E-state index in [1.807, 2.05) is 7.05 Å². The molecule has 22 heavy (non-hydrogen) atoms. The average molecular weight is 338 g/mol. The lowest BCUT2D eigenvalue weighted by molar-refractivity contribution is -0.142. The van der Waals surface area contributed by atoms with Crippen LogP contribution in [0.4, 0.5) is 5.13 Å². The highest BCUT2D eigenvalue weighted by Crippen LogP contribution is 2.61. The third kappa shape index (κ3) is 2.48. The Morgan fingerprint density at radius 3 is 2.32 bits per heavy atom. The quantitative estimate of drug-likeness (QED) is 0.827. The van der Waals surface area contributed by atoms with Crippen molar-refractivity contribution in [2.45, 2.75) is 55.0 Å². The molecule has 5 rings (SSSR count). The fourth-order valence-corrected chi connectivity index (χ4v) is 7.45. The van der Waals surface area contributed by atoms with Gasteiger partial charge in [-0.05, 0) is 63.2 Å². The third-order valence-corrected chi connectivity index (χ3v) is 7.95. The predicted molar refractivity (Wildman–Crippen MR) is 90.4 cm³/mol. The van der Waals surface area contributed by atoms with Gasteiger partial charge in [0.05, 0.1) is 5.25 Å². The van der Waals surface area contributed by atoms with Gasteiger partial charge in [0.15, 0.2) is 10.1 Å². The molecule has 1 aromatic rings. The number of aromatic nitrogens is 2. The summed E-state index contributed by atoms with van der Waals surface area (Å²) in [5, 5.41) is 12.1. The van der Waals surface area contributed by atoms with Crippen molar-refractivity contribution >= 4 is 34.0 Å². The molecule has 0 radical (unpaired) electrons. The lowest BCUT2D eigenvalue weighted by Crippen LogP contribution is -2.51. The maximum Gasteiger partial charge on any atom is 0.206 e. The van der Waals surface area contributed by atoms with Gasteiger partial charge in [-0.2, -0.15) is 0 Å². The van der Waals surface area contributed by atoms with E-state index < -0.39 is 0 Å². The summed E-state index contributed by atoms with van der Waals surface area (Å²) in [6.45, 7) is 2.06. The second-order valence-electron chi connectivity index (χ2n) is 7.45. The predicted octanol–water partition coefficient (Wildman–Crippen LogP) is 3.85. The van der Waals surface area contributed by atoms with Crippen molar-refractivity contribution in [3.63, 3.8) is 0 Å². The van der Waals surface area contributed by atoms with Gasteiger partial charge in [0.25, 0.3) is 0 Å². The molecule has 0 spiro atoms. The Morgan fingerprint density at radius 2 is 1.82 bits per heavy atom. The van der Waals surface area contributed by atoms with E-state index in [4.69, 9.17) is 0 Å². The van der Waals surface area contributed by atoms with Gasteiger partial charge in [0.1, 0.15) is 0 Å². The molecular weight excluding hydrogens is 314 g/mol. The van der Waals surface area contributed by atoms with Crippen LogP contribution in [-0.2, 0) is 4.79 Å². The molecule has 0 amide bonds. The van der Waals surface area contributed by atoms with Crippen molar-refractivity contribution in [2.24, 2.45) is 23.2 Å². The number of nitrogens with zero attached hydrogens (tertiary/aromatic N) is 2. The van der Waals surface area contributed by atoms with Gasteiger partial charge in [-0.1, -0.05) is 23.1 Å². The molecule has 1 N–H and O–H groups in total. The van der Waals surface area contributed by atoms with Crippen LogP contribution in [0.15, 0.2) is 4.34 Å². The number of carbonyl (C=O) groups excluding carboxylic acids is 1. The molecule has 6 heteroatoms. The zero-order chi connectivity index (χ0) is 15.3. The Balaban J connectivity index is 1.48. The molecule has 4 aliphatic carbocycles. The first kappa shape index (κ1) is 14.9. The Morgan fingerprint density at radius 1 is 1.23 bits per heavy atom. The minimum absolute atomic E-state index is 0.00229. The van der Waals surface area contributed by atoms with E-state index in [0.29, 0.717) is 5.78 Å². The number of rotatable bonds is 5. The SMILES string of the molecule is CNc1nnc(S[C@H](C)C(=O)C23CC4CC(CC(C4)C2)C3)s1. The standard InChI is InChI=1S/C16H23N3OS2/c1-9(21-15-19-18-14(17-2)22-15)13(20)16-6-10-3-11(7-16)5-12(4-10)8-16/h9-12H,3-8H2,1-2H3,(H,17,18)/t9-,10?,11?,12?,16?/m1/s1. The monoisotopic (exact) mass is 337 g/mol. The first-order valence-corrected chi connectivity index (χ1v) is 10.00. The number of hydrogen-bond donors (Lipinski definition) is 1. The summed E-state index contributed by atoms with van der Waals surface area (Å²) in [5.74, 6) is 2.96. The third-order valence-electron chi connectivity index (χ3n) is 5.83. The minimum atomic E-state index is -0.00564. The van der Waals surface area contributed by atoms with Gasteiger partial charge in [-0.15, -0.1) is 10.2 Å². The summed E-state index contributed by atoms with van der Waals surface area (Å²) < 4.78 is 0.898. The number of Topliss-reactive ketones (excluding diaryl/α,β-unsaturated/α-hetero) is 1. The zero-order valence-corrected chi connectivity index (χ0v) is 14.8. The van der Waals surface area contributed by atoms with Gasteiger partial charge < -0.3 is 5.32 Å². The maximum absolute atomic E-state index is 13.2. The highest BCUT2D eigenvalue weighted by molar-refractivity contribution is 8.02. The molecule has 4 aliphatic rings. The molecule has 120 valence electrons. The van der Waals surface area contributed by atoms with Gasteiger partial charge in [0.2, 0.25) is 5.13 Å². The first-order chi connectivity index (χ1) is 10.6. The van der Waals surface area contributed by atoms with Crippen molar-refractivity contribution in [1.29, 1.82) is 0 Å². The van der Waals surface area contributed by atoms with Gasteiger partial charge >= 0.3 is 0 Å². The fourth-order valence-electron chi connectivity index (χ4n) is 5.41. The van der Waals surface area contributed by atoms with Crippen LogP contribution in [0.3, 0.4) is 0 Å². The van der Waals surface area contributed by atoms with Crippen molar-refractivity contribution in [2.75, 3.05) is 12.4 Å². The zero-order valence-electron chi connectivity index (χ0n) is 13.2. The second-order valence-corrected chi connectivity index (χ2v) is 10.0. The van der Waals surface area contributed by atoms with Crippen molar-refractivity contribution < 1.29 is 4.79 Å². The van der Waals surface area contributed by atoms with E-state index in [0.717, 1.165) is 46.5 Å². The molecule has 0 aliphatic heterocycles. The highest BCUT2D eigenvalue weighted by Gasteiger charge is 2.55. The molecule has 1 atom stereocenters. The van der Waals surface area contributed by atoms with E-state index in [2.05, 4.69) is 22.4 Å². The van der Waals surface area contributed by atoms with Crippen LogP contribution in [0.25, 0.3) is 0 Å². The summed E-state index contributed by atoms with van der Waals surface area (Å²) in [4.78, 5) is 13.2. The first-order valence-electron chi connectivity index (χ1n) is 8.30. The van der Waals surface area contributed by atoms with E-state index in [1.54, 1.807) is 11.8 Å². The summed E-state index contributed by atoms with van der Waals surface area (Å²) in [5.41, 5.74) is -0.00229. The number of thioether (sulfide) groups is 1. The van der Waals surface area contributed by atoms with E-state index >= 15 is 0 Å². The van der Waals surface area contributed by atoms with Crippen molar-refractivity contribution in [1.82, 2.24) is 10.2 Å². The summed E-state index contributed by atoms with van der Waals surface area (Å²) >= 11 is 3.13. The van der Waals surface area contributed by atoms with Gasteiger partial charge in [-0.3, -0.25) is 4.79 Å². The van der Waals surface area contributed by atoms with E-state index in [9.17, 15) is 4.79 Å². The molecular formula is C16H23N3OS2. The van der Waals surface area contributed by atoms with Crippen LogP contribution in [0.5, 0.6) is 0 Å². The fraction of sp³-hybridized carbons (Fsp3) is 0.812. The summed E-state index contributed by atoms with van der Waals surface area (Å²) in [6, 6.07) is 0. The molecule has 0 aromatic carbocycles. The Kier molecular flexibility index (Phi) is 3.72. The Bertz CT molecular complexity index is 550. The highest BCUT2D eigenvalue weighted by atomic mass is 32.2. The molecule has 0 saturated heterocycles. The summed E-state index contributed by atoms with van der Waals surface area (Å²) in [7, 11) is 1.85. The maximum atomic E-state index is 13.2. The van der Waals surface area contributed by atoms with Crippen molar-refractivity contribution in [3.05, 3.63) is 0 Å². The van der Waals surface area contributed by atoms with E-state index in [1.165, 1.54) is 30.6 Å². The topological polar surface area (TPSA) is 54.9 Å². The molecule has 1 heterocycles. The van der Waals surface area contributed by atoms with Crippen LogP contribution >= 0.6 is 23.1 Å². The largest absolute Gasteiger partial charge is 0.363 e. The second kappa shape index (κ2) is 5.48. The van der Waals surface area contributed by atoms with Gasteiger partial charge in [0, 0.05) is 12.5 Å². The number of ketones is 1.